The Morgan fingerprint density at radius 2 is 1.65 bits per heavy atom. The van der Waals surface area contributed by atoms with E-state index < -0.39 is 11.8 Å². The third-order valence-corrected chi connectivity index (χ3v) is 3.88. The first-order chi connectivity index (χ1) is 11.0. The van der Waals surface area contributed by atoms with Crippen molar-refractivity contribution in [3.63, 3.8) is 0 Å². The zero-order valence-electron chi connectivity index (χ0n) is 13.7. The van der Waals surface area contributed by atoms with E-state index in [0.717, 1.165) is 12.0 Å². The molecule has 4 nitrogen and oxygen atoms in total. The molecular weight excluding hydrogens is 288 g/mol. The van der Waals surface area contributed by atoms with Gasteiger partial charge in [0.2, 0.25) is 0 Å². The number of hydrogen-bond donors (Lipinski definition) is 1. The monoisotopic (exact) mass is 310 g/mol. The Morgan fingerprint density at radius 1 is 1.04 bits per heavy atom. The molecule has 0 aliphatic heterocycles. The number of rotatable bonds is 4. The van der Waals surface area contributed by atoms with Crippen LogP contribution in [-0.4, -0.2) is 18.9 Å². The number of anilines is 1. The molecule has 2 amide bonds. The van der Waals surface area contributed by atoms with E-state index in [1.807, 2.05) is 49.4 Å². The maximum atomic E-state index is 12.2. The van der Waals surface area contributed by atoms with Gasteiger partial charge in [-0.2, -0.15) is 0 Å². The number of carbonyl (C=O) groups is 2. The van der Waals surface area contributed by atoms with Gasteiger partial charge in [0.1, 0.15) is 0 Å². The first-order valence-electron chi connectivity index (χ1n) is 7.75. The second-order valence-corrected chi connectivity index (χ2v) is 5.49. The summed E-state index contributed by atoms with van der Waals surface area (Å²) in [6, 6.07) is 16.9. The molecule has 1 atom stereocenters. The van der Waals surface area contributed by atoms with Crippen molar-refractivity contribution < 1.29 is 9.59 Å². The van der Waals surface area contributed by atoms with Crippen LogP contribution in [0.2, 0.25) is 0 Å². The summed E-state index contributed by atoms with van der Waals surface area (Å²) in [5, 5.41) is 2.75. The number of benzene rings is 2. The number of likely N-dealkylation sites (N-methyl/N-ethyl adjacent to an activating group) is 1. The molecule has 0 saturated carbocycles. The van der Waals surface area contributed by atoms with E-state index in [2.05, 4.69) is 12.2 Å². The van der Waals surface area contributed by atoms with E-state index in [1.165, 1.54) is 10.5 Å². The van der Waals surface area contributed by atoms with Crippen molar-refractivity contribution in [2.45, 2.75) is 26.3 Å². The van der Waals surface area contributed by atoms with Crippen LogP contribution in [0.25, 0.3) is 0 Å². The Morgan fingerprint density at radius 3 is 2.22 bits per heavy atom. The lowest BCUT2D eigenvalue weighted by molar-refractivity contribution is -0.137. The molecule has 0 fully saturated rings. The smallest absolute Gasteiger partial charge is 0.316 e. The number of nitrogens with one attached hydrogen (secondary N) is 1. The van der Waals surface area contributed by atoms with Crippen LogP contribution in [0.1, 0.15) is 31.0 Å². The van der Waals surface area contributed by atoms with Crippen LogP contribution >= 0.6 is 0 Å². The number of nitrogens with zero attached hydrogens (tertiary/aromatic N) is 1. The van der Waals surface area contributed by atoms with Gasteiger partial charge in [-0.05, 0) is 36.6 Å². The minimum atomic E-state index is -0.608. The lowest BCUT2D eigenvalue weighted by atomic mass is 10.0. The van der Waals surface area contributed by atoms with Crippen LogP contribution in [0.4, 0.5) is 5.69 Å². The van der Waals surface area contributed by atoms with E-state index >= 15 is 0 Å². The fraction of sp³-hybridized carbons (Fsp3) is 0.263. The molecule has 2 aromatic carbocycles. The molecule has 0 aliphatic rings. The van der Waals surface area contributed by atoms with Gasteiger partial charge in [0.15, 0.2) is 0 Å². The summed E-state index contributed by atoms with van der Waals surface area (Å²) in [5.41, 5.74) is 2.91. The van der Waals surface area contributed by atoms with Gasteiger partial charge in [-0.3, -0.25) is 9.59 Å². The molecule has 0 heterocycles. The highest BCUT2D eigenvalue weighted by atomic mass is 16.2. The molecule has 4 heteroatoms. The summed E-state index contributed by atoms with van der Waals surface area (Å²) in [6.45, 7) is 3.97. The summed E-state index contributed by atoms with van der Waals surface area (Å²) in [5.74, 6) is -1.18. The van der Waals surface area contributed by atoms with Gasteiger partial charge in [-0.25, -0.2) is 0 Å². The topological polar surface area (TPSA) is 49.4 Å². The van der Waals surface area contributed by atoms with Crippen LogP contribution < -0.4 is 10.2 Å². The molecule has 0 aliphatic carbocycles. The van der Waals surface area contributed by atoms with Gasteiger partial charge < -0.3 is 10.2 Å². The summed E-state index contributed by atoms with van der Waals surface area (Å²) in [6.07, 6.45) is 0.974. The highest BCUT2D eigenvalue weighted by Gasteiger charge is 2.21. The quantitative estimate of drug-likeness (QED) is 0.882. The van der Waals surface area contributed by atoms with E-state index in [1.54, 1.807) is 19.2 Å². The Bertz CT molecular complexity index is 666. The lowest BCUT2D eigenvalue weighted by Gasteiger charge is -2.19. The highest BCUT2D eigenvalue weighted by molar-refractivity contribution is 6.40. The third-order valence-electron chi connectivity index (χ3n) is 3.88. The fourth-order valence-corrected chi connectivity index (χ4v) is 2.30. The second-order valence-electron chi connectivity index (χ2n) is 5.49. The molecule has 0 bridgehead atoms. The molecule has 0 radical (unpaired) electrons. The van der Waals surface area contributed by atoms with Crippen LogP contribution in [0.15, 0.2) is 54.6 Å². The van der Waals surface area contributed by atoms with Crippen LogP contribution in [0.5, 0.6) is 0 Å². The first kappa shape index (κ1) is 16.7. The minimum Gasteiger partial charge on any atom is -0.341 e. The molecule has 0 saturated heterocycles. The molecule has 0 spiro atoms. The van der Waals surface area contributed by atoms with E-state index in [0.29, 0.717) is 5.69 Å². The first-order valence-corrected chi connectivity index (χ1v) is 7.75. The van der Waals surface area contributed by atoms with E-state index in [9.17, 15) is 9.59 Å². The normalized spacial score (nSPS) is 11.6. The van der Waals surface area contributed by atoms with Crippen molar-refractivity contribution in [3.05, 3.63) is 65.7 Å². The number of para-hydroxylation sites is 1. The Balaban J connectivity index is 2.01. The van der Waals surface area contributed by atoms with Crippen molar-refractivity contribution in [2.75, 3.05) is 11.9 Å². The van der Waals surface area contributed by atoms with Crippen molar-refractivity contribution >= 4 is 17.5 Å². The molecular formula is C19H22N2O2. The third kappa shape index (κ3) is 4.19. The summed E-state index contributed by atoms with van der Waals surface area (Å²) in [4.78, 5) is 25.7. The van der Waals surface area contributed by atoms with Gasteiger partial charge in [0.05, 0.1) is 6.04 Å². The Kier molecular flexibility index (Phi) is 5.52. The second kappa shape index (κ2) is 7.58. The highest BCUT2D eigenvalue weighted by Crippen LogP contribution is 2.15. The molecule has 2 aromatic rings. The standard InChI is InChI=1S/C19H22N2O2/c1-4-15-10-12-16(13-11-15)14(2)20-18(22)19(23)21(3)17-8-6-5-7-9-17/h5-14H,4H2,1-3H3,(H,20,22). The Hall–Kier alpha value is -2.62. The average molecular weight is 310 g/mol. The predicted molar refractivity (Wildman–Crippen MR) is 92.2 cm³/mol. The SMILES string of the molecule is CCc1ccc(C(C)NC(=O)C(=O)N(C)c2ccccc2)cc1. The number of amides is 2. The predicted octanol–water partition coefficient (Wildman–Crippen LogP) is 3.09. The number of hydrogen-bond acceptors (Lipinski definition) is 2. The van der Waals surface area contributed by atoms with Crippen LogP contribution in [0.3, 0.4) is 0 Å². The van der Waals surface area contributed by atoms with Gasteiger partial charge in [0, 0.05) is 12.7 Å². The van der Waals surface area contributed by atoms with Gasteiger partial charge >= 0.3 is 11.8 Å². The minimum absolute atomic E-state index is 0.221. The largest absolute Gasteiger partial charge is 0.341 e. The molecule has 1 unspecified atom stereocenters. The van der Waals surface area contributed by atoms with Gasteiger partial charge in [0.25, 0.3) is 0 Å². The zero-order chi connectivity index (χ0) is 16.8. The molecule has 1 N–H and O–H groups in total. The molecule has 0 aromatic heterocycles. The van der Waals surface area contributed by atoms with Crippen molar-refractivity contribution in [3.8, 4) is 0 Å². The zero-order valence-corrected chi connectivity index (χ0v) is 13.7. The summed E-state index contributed by atoms with van der Waals surface area (Å²) in [7, 11) is 1.60. The van der Waals surface area contributed by atoms with E-state index in [4.69, 9.17) is 0 Å². The molecule has 120 valence electrons. The molecule has 23 heavy (non-hydrogen) atoms. The maximum Gasteiger partial charge on any atom is 0.316 e. The van der Waals surface area contributed by atoms with Gasteiger partial charge in [-0.15, -0.1) is 0 Å². The maximum absolute atomic E-state index is 12.2. The average Bonchev–Trinajstić information content (AvgIpc) is 2.61. The van der Waals surface area contributed by atoms with Crippen molar-refractivity contribution in [1.29, 1.82) is 0 Å². The van der Waals surface area contributed by atoms with Crippen LogP contribution in [-0.2, 0) is 16.0 Å². The number of aryl methyl sites for hydroxylation is 1. The Labute approximate surface area is 137 Å². The lowest BCUT2D eigenvalue weighted by Crippen LogP contribution is -2.42. The van der Waals surface area contributed by atoms with Gasteiger partial charge in [-0.1, -0.05) is 49.4 Å². The van der Waals surface area contributed by atoms with E-state index in [-0.39, 0.29) is 6.04 Å². The van der Waals surface area contributed by atoms with Crippen LogP contribution in [0, 0.1) is 0 Å². The number of carbonyl (C=O) groups excluding carboxylic acids is 2. The summed E-state index contributed by atoms with van der Waals surface area (Å²) < 4.78 is 0. The van der Waals surface area contributed by atoms with Crippen molar-refractivity contribution in [2.24, 2.45) is 0 Å². The molecule has 2 rings (SSSR count). The fourth-order valence-electron chi connectivity index (χ4n) is 2.30. The van der Waals surface area contributed by atoms with Crippen molar-refractivity contribution in [1.82, 2.24) is 5.32 Å². The summed E-state index contributed by atoms with van der Waals surface area (Å²) >= 11 is 0.